The smallest absolute Gasteiger partial charge is 0.271 e. The number of carbonyl (C=O) groups is 1. The minimum Gasteiger partial charge on any atom is -0.508 e. The van der Waals surface area contributed by atoms with Gasteiger partial charge >= 0.3 is 0 Å². The van der Waals surface area contributed by atoms with E-state index in [0.717, 1.165) is 6.07 Å². The topological polar surface area (TPSA) is 61.7 Å². The maximum absolute atomic E-state index is 13.3. The van der Waals surface area contributed by atoms with E-state index in [1.807, 2.05) is 5.43 Å². The fourth-order valence-corrected chi connectivity index (χ4v) is 1.60. The fraction of sp³-hybridized carbons (Fsp3) is 0. The molecule has 0 unspecified atom stereocenters. The number of nitrogens with one attached hydrogen (secondary N) is 1. The molecule has 120 valence electrons. The van der Waals surface area contributed by atoms with Gasteiger partial charge in [-0.25, -0.2) is 27.4 Å². The molecule has 0 fully saturated rings. The van der Waals surface area contributed by atoms with E-state index in [-0.39, 0.29) is 17.5 Å². The number of hydrogen-bond donors (Lipinski definition) is 2. The zero-order valence-electron chi connectivity index (χ0n) is 11.1. The van der Waals surface area contributed by atoms with E-state index >= 15 is 0 Å². The molecule has 0 aromatic heterocycles. The second-order valence-corrected chi connectivity index (χ2v) is 4.23. The van der Waals surface area contributed by atoms with Crippen molar-refractivity contribution in [3.8, 4) is 5.75 Å². The summed E-state index contributed by atoms with van der Waals surface area (Å²) in [5.74, 6) is -11.7. The Morgan fingerprint density at radius 2 is 1.57 bits per heavy atom. The predicted octanol–water partition coefficient (Wildman–Crippen LogP) is 2.85. The minimum atomic E-state index is -2.29. The molecule has 23 heavy (non-hydrogen) atoms. The van der Waals surface area contributed by atoms with E-state index in [0.29, 0.717) is 0 Å². The second-order valence-electron chi connectivity index (χ2n) is 4.23. The summed E-state index contributed by atoms with van der Waals surface area (Å²) < 4.78 is 65.5. The van der Waals surface area contributed by atoms with E-state index in [2.05, 4.69) is 5.10 Å². The number of hydrogen-bond acceptors (Lipinski definition) is 3. The number of benzene rings is 2. The molecule has 0 atom stereocenters. The Hall–Kier alpha value is -2.97. The normalized spacial score (nSPS) is 11.0. The summed E-state index contributed by atoms with van der Waals surface area (Å²) in [5, 5.41) is 12.3. The number of phenols is 1. The first-order valence-electron chi connectivity index (χ1n) is 5.96. The number of carbonyl (C=O) groups excluding carboxylic acids is 1. The highest BCUT2D eigenvalue weighted by molar-refractivity contribution is 5.95. The maximum Gasteiger partial charge on any atom is 0.271 e. The molecule has 2 rings (SSSR count). The molecule has 0 radical (unpaired) electrons. The summed E-state index contributed by atoms with van der Waals surface area (Å²) in [6, 6.07) is 5.05. The second kappa shape index (κ2) is 6.42. The summed E-state index contributed by atoms with van der Waals surface area (Å²) in [5.41, 5.74) is 0.508. The van der Waals surface area contributed by atoms with Crippen molar-refractivity contribution in [1.29, 1.82) is 0 Å². The number of hydrazone groups is 1. The first-order chi connectivity index (χ1) is 10.8. The highest BCUT2D eigenvalue weighted by Gasteiger charge is 2.24. The van der Waals surface area contributed by atoms with E-state index in [9.17, 15) is 31.9 Å². The lowest BCUT2D eigenvalue weighted by Crippen LogP contribution is -2.18. The number of phenolic OH excluding ortho intramolecular Hbond substituents is 1. The van der Waals surface area contributed by atoms with Gasteiger partial charge < -0.3 is 5.11 Å². The zero-order chi connectivity index (χ0) is 17.1. The SMILES string of the molecule is O=C(N/N=C\c1c(F)c(F)c(F)c(F)c1F)c1cccc(O)c1. The number of aromatic hydroxyl groups is 1. The van der Waals surface area contributed by atoms with Crippen molar-refractivity contribution in [3.63, 3.8) is 0 Å². The Morgan fingerprint density at radius 3 is 2.13 bits per heavy atom. The molecular formula is C14H7F5N2O2. The summed E-state index contributed by atoms with van der Waals surface area (Å²) >= 11 is 0. The lowest BCUT2D eigenvalue weighted by atomic mass is 10.2. The zero-order valence-corrected chi connectivity index (χ0v) is 11.1. The molecule has 2 aromatic rings. The largest absolute Gasteiger partial charge is 0.508 e. The standard InChI is InChI=1S/C14H7F5N2O2/c15-9-8(10(16)12(18)13(19)11(9)17)5-20-21-14(23)6-2-1-3-7(22)4-6/h1-5,22H,(H,21,23)/b20-5-. The van der Waals surface area contributed by atoms with Gasteiger partial charge in [0.1, 0.15) is 5.75 Å². The van der Waals surface area contributed by atoms with Crippen molar-refractivity contribution in [1.82, 2.24) is 5.43 Å². The van der Waals surface area contributed by atoms with E-state index in [1.165, 1.54) is 18.2 Å². The van der Waals surface area contributed by atoms with Crippen LogP contribution in [-0.2, 0) is 0 Å². The van der Waals surface area contributed by atoms with Crippen LogP contribution in [0.4, 0.5) is 22.0 Å². The van der Waals surface area contributed by atoms with Crippen LogP contribution in [0, 0.1) is 29.1 Å². The van der Waals surface area contributed by atoms with E-state index < -0.39 is 40.6 Å². The summed E-state index contributed by atoms with van der Waals surface area (Å²) in [6.45, 7) is 0. The molecule has 0 saturated heterocycles. The number of rotatable bonds is 3. The van der Waals surface area contributed by atoms with Crippen LogP contribution >= 0.6 is 0 Å². The van der Waals surface area contributed by atoms with Crippen molar-refractivity contribution in [2.45, 2.75) is 0 Å². The van der Waals surface area contributed by atoms with Crippen molar-refractivity contribution in [2.75, 3.05) is 0 Å². The first kappa shape index (κ1) is 16.4. The third-order valence-corrected chi connectivity index (χ3v) is 2.71. The maximum atomic E-state index is 13.3. The fourth-order valence-electron chi connectivity index (χ4n) is 1.60. The molecule has 0 aliphatic carbocycles. The minimum absolute atomic E-state index is 0.0282. The molecule has 0 aliphatic rings. The van der Waals surface area contributed by atoms with Gasteiger partial charge in [0.2, 0.25) is 5.82 Å². The molecule has 4 nitrogen and oxygen atoms in total. The van der Waals surface area contributed by atoms with Crippen LogP contribution in [0.3, 0.4) is 0 Å². The average Bonchev–Trinajstić information content (AvgIpc) is 2.54. The Balaban J connectivity index is 2.23. The van der Waals surface area contributed by atoms with Gasteiger partial charge in [0.05, 0.1) is 11.8 Å². The van der Waals surface area contributed by atoms with Crippen LogP contribution < -0.4 is 5.43 Å². The Bertz CT molecular complexity index is 779. The van der Waals surface area contributed by atoms with Crippen LogP contribution in [0.25, 0.3) is 0 Å². The van der Waals surface area contributed by atoms with E-state index in [4.69, 9.17) is 0 Å². The van der Waals surface area contributed by atoms with Gasteiger partial charge in [-0.15, -0.1) is 0 Å². The number of nitrogens with zero attached hydrogens (tertiary/aromatic N) is 1. The van der Waals surface area contributed by atoms with Gasteiger partial charge in [-0.2, -0.15) is 5.10 Å². The van der Waals surface area contributed by atoms with Crippen LogP contribution in [0.15, 0.2) is 29.4 Å². The lowest BCUT2D eigenvalue weighted by Gasteiger charge is -2.04. The molecule has 2 aromatic carbocycles. The molecular weight excluding hydrogens is 323 g/mol. The molecule has 9 heteroatoms. The Morgan fingerprint density at radius 1 is 1.00 bits per heavy atom. The lowest BCUT2D eigenvalue weighted by molar-refractivity contribution is 0.0954. The average molecular weight is 330 g/mol. The predicted molar refractivity (Wildman–Crippen MR) is 69.4 cm³/mol. The van der Waals surface area contributed by atoms with Gasteiger partial charge in [-0.1, -0.05) is 6.07 Å². The summed E-state index contributed by atoms with van der Waals surface area (Å²) in [4.78, 5) is 11.6. The highest BCUT2D eigenvalue weighted by atomic mass is 19.2. The third-order valence-electron chi connectivity index (χ3n) is 2.71. The van der Waals surface area contributed by atoms with Crippen LogP contribution in [0.5, 0.6) is 5.75 Å². The van der Waals surface area contributed by atoms with Gasteiger partial charge in [0.25, 0.3) is 5.91 Å². The van der Waals surface area contributed by atoms with Crippen LogP contribution in [-0.4, -0.2) is 17.2 Å². The first-order valence-corrected chi connectivity index (χ1v) is 5.96. The Labute approximate surface area is 125 Å². The van der Waals surface area contributed by atoms with Crippen molar-refractivity contribution in [2.24, 2.45) is 5.10 Å². The molecule has 0 saturated carbocycles. The van der Waals surface area contributed by atoms with Crippen LogP contribution in [0.2, 0.25) is 0 Å². The highest BCUT2D eigenvalue weighted by Crippen LogP contribution is 2.21. The molecule has 0 heterocycles. The van der Waals surface area contributed by atoms with Crippen molar-refractivity contribution < 1.29 is 31.9 Å². The van der Waals surface area contributed by atoms with Crippen LogP contribution in [0.1, 0.15) is 15.9 Å². The Kier molecular flexibility index (Phi) is 4.58. The van der Waals surface area contributed by atoms with E-state index in [1.54, 1.807) is 0 Å². The molecule has 0 spiro atoms. The monoisotopic (exact) mass is 330 g/mol. The summed E-state index contributed by atoms with van der Waals surface area (Å²) in [6.07, 6.45) is 0.289. The third kappa shape index (κ3) is 3.28. The molecule has 2 N–H and O–H groups in total. The van der Waals surface area contributed by atoms with Gasteiger partial charge in [-0.05, 0) is 18.2 Å². The quantitative estimate of drug-likeness (QED) is 0.299. The molecule has 0 bridgehead atoms. The molecule has 0 aliphatic heterocycles. The van der Waals surface area contributed by atoms with Gasteiger partial charge in [-0.3, -0.25) is 4.79 Å². The van der Waals surface area contributed by atoms with Gasteiger partial charge in [0, 0.05) is 5.56 Å². The van der Waals surface area contributed by atoms with Gasteiger partial charge in [0.15, 0.2) is 23.3 Å². The molecule has 1 amide bonds. The number of halogens is 5. The summed E-state index contributed by atoms with van der Waals surface area (Å²) in [7, 11) is 0. The van der Waals surface area contributed by atoms with Crippen molar-refractivity contribution in [3.05, 3.63) is 64.5 Å². The number of amides is 1. The van der Waals surface area contributed by atoms with Crippen molar-refractivity contribution >= 4 is 12.1 Å².